The number of thiophene rings is 1. The predicted molar refractivity (Wildman–Crippen MR) is 149 cm³/mol. The Morgan fingerprint density at radius 3 is 2.50 bits per heavy atom. The summed E-state index contributed by atoms with van der Waals surface area (Å²) in [6, 6.07) is 7.94. The number of piperazine rings is 1. The summed E-state index contributed by atoms with van der Waals surface area (Å²) in [5.74, 6) is 1.83. The minimum absolute atomic E-state index is 0.107. The van der Waals surface area contributed by atoms with Gasteiger partial charge in [0.05, 0.1) is 5.71 Å². The Bertz CT molecular complexity index is 1240. The molecule has 9 heteroatoms. The highest BCUT2D eigenvalue weighted by Gasteiger charge is 2.31. The van der Waals surface area contributed by atoms with Crippen molar-refractivity contribution in [3.8, 4) is 5.00 Å². The smallest absolute Gasteiger partial charge is 0.164 e. The van der Waals surface area contributed by atoms with Crippen molar-refractivity contribution in [3.63, 3.8) is 0 Å². The summed E-state index contributed by atoms with van der Waals surface area (Å²) in [5, 5.41) is 11.0. The van der Waals surface area contributed by atoms with Gasteiger partial charge in [-0.05, 0) is 72.1 Å². The molecular formula is C27H36ClN7S. The molecule has 0 amide bonds. The van der Waals surface area contributed by atoms with Crippen LogP contribution in [0, 0.1) is 20.8 Å². The average molecular weight is 526 g/mol. The highest BCUT2D eigenvalue weighted by Crippen LogP contribution is 2.39. The van der Waals surface area contributed by atoms with Crippen LogP contribution in [0.4, 0.5) is 0 Å². The van der Waals surface area contributed by atoms with E-state index in [4.69, 9.17) is 16.6 Å². The van der Waals surface area contributed by atoms with E-state index in [0.717, 1.165) is 72.1 Å². The van der Waals surface area contributed by atoms with Gasteiger partial charge in [-0.3, -0.25) is 9.56 Å². The number of hydrogen-bond acceptors (Lipinski definition) is 7. The van der Waals surface area contributed by atoms with E-state index in [2.05, 4.69) is 69.5 Å². The number of likely N-dealkylation sites (N-methyl/N-ethyl adjacent to an activating group) is 2. The van der Waals surface area contributed by atoms with Gasteiger partial charge in [0.2, 0.25) is 0 Å². The van der Waals surface area contributed by atoms with Crippen LogP contribution in [0.3, 0.4) is 0 Å². The second-order valence-electron chi connectivity index (χ2n) is 10.2. The van der Waals surface area contributed by atoms with Gasteiger partial charge in [0.1, 0.15) is 16.9 Å². The topological polar surface area (TPSA) is 52.8 Å². The van der Waals surface area contributed by atoms with E-state index in [0.29, 0.717) is 0 Å². The second-order valence-corrected chi connectivity index (χ2v) is 11.8. The maximum atomic E-state index is 6.23. The molecule has 0 spiro atoms. The fourth-order valence-corrected chi connectivity index (χ4v) is 6.48. The Hall–Kier alpha value is -2.10. The first-order chi connectivity index (χ1) is 17.3. The van der Waals surface area contributed by atoms with Gasteiger partial charge in [0.15, 0.2) is 5.82 Å². The van der Waals surface area contributed by atoms with Gasteiger partial charge in [-0.2, -0.15) is 0 Å². The summed E-state index contributed by atoms with van der Waals surface area (Å²) in [5.41, 5.74) is 4.55. The summed E-state index contributed by atoms with van der Waals surface area (Å²) in [7, 11) is 4.41. The van der Waals surface area contributed by atoms with Crippen LogP contribution in [0.2, 0.25) is 5.02 Å². The van der Waals surface area contributed by atoms with E-state index in [1.165, 1.54) is 29.1 Å². The van der Waals surface area contributed by atoms with Crippen molar-refractivity contribution in [2.45, 2.75) is 33.2 Å². The van der Waals surface area contributed by atoms with Gasteiger partial charge in [-0.25, -0.2) is 0 Å². The van der Waals surface area contributed by atoms with Gasteiger partial charge in [0.25, 0.3) is 0 Å². The summed E-state index contributed by atoms with van der Waals surface area (Å²) >= 11 is 8.03. The molecule has 0 radical (unpaired) electrons. The summed E-state index contributed by atoms with van der Waals surface area (Å²) in [6.45, 7) is 14.0. The van der Waals surface area contributed by atoms with E-state index in [9.17, 15) is 0 Å². The monoisotopic (exact) mass is 525 g/mol. The van der Waals surface area contributed by atoms with E-state index in [1.807, 2.05) is 19.1 Å². The molecule has 3 aromatic rings. The lowest BCUT2D eigenvalue weighted by Crippen LogP contribution is -2.45. The zero-order chi connectivity index (χ0) is 25.4. The molecule has 0 saturated carbocycles. The number of nitrogens with zero attached hydrogens (tertiary/aromatic N) is 7. The molecule has 1 fully saturated rings. The highest BCUT2D eigenvalue weighted by molar-refractivity contribution is 7.15. The van der Waals surface area contributed by atoms with Crippen LogP contribution in [0.5, 0.6) is 0 Å². The van der Waals surface area contributed by atoms with Gasteiger partial charge in [-0.1, -0.05) is 23.7 Å². The SMILES string of the molecule is Cc1sc2c(c1C)C(c1ccc(Cl)cc1)=NC(CN(C)CCCN1CCN(C)CC1)c1nnc(C)n1-2. The van der Waals surface area contributed by atoms with Crippen molar-refractivity contribution in [2.75, 3.05) is 59.9 Å². The summed E-state index contributed by atoms with van der Waals surface area (Å²) < 4.78 is 2.23. The molecule has 2 aromatic heterocycles. The van der Waals surface area contributed by atoms with Crippen LogP contribution in [-0.2, 0) is 0 Å². The molecule has 192 valence electrons. The van der Waals surface area contributed by atoms with Crippen molar-refractivity contribution in [2.24, 2.45) is 4.99 Å². The number of rotatable bonds is 7. The summed E-state index contributed by atoms with van der Waals surface area (Å²) in [4.78, 5) is 14.1. The third kappa shape index (κ3) is 5.15. The van der Waals surface area contributed by atoms with E-state index < -0.39 is 0 Å². The molecular weight excluding hydrogens is 490 g/mol. The van der Waals surface area contributed by atoms with Crippen LogP contribution >= 0.6 is 22.9 Å². The lowest BCUT2D eigenvalue weighted by molar-refractivity contribution is 0.147. The van der Waals surface area contributed by atoms with Gasteiger partial charge in [0, 0.05) is 53.8 Å². The van der Waals surface area contributed by atoms with E-state index in [1.54, 1.807) is 11.3 Å². The van der Waals surface area contributed by atoms with Crippen LogP contribution in [0.15, 0.2) is 29.3 Å². The van der Waals surface area contributed by atoms with Crippen molar-refractivity contribution >= 4 is 28.6 Å². The van der Waals surface area contributed by atoms with E-state index in [-0.39, 0.29) is 6.04 Å². The first-order valence-corrected chi connectivity index (χ1v) is 14.0. The quantitative estimate of drug-likeness (QED) is 0.458. The molecule has 1 unspecified atom stereocenters. The van der Waals surface area contributed by atoms with Crippen LogP contribution in [-0.4, -0.2) is 95.1 Å². The van der Waals surface area contributed by atoms with Gasteiger partial charge < -0.3 is 14.7 Å². The normalized spacial score (nSPS) is 18.8. The second kappa shape index (κ2) is 10.7. The number of aromatic nitrogens is 3. The van der Waals surface area contributed by atoms with Crippen LogP contribution in [0.25, 0.3) is 5.00 Å². The number of halogens is 1. The van der Waals surface area contributed by atoms with Gasteiger partial charge >= 0.3 is 0 Å². The Morgan fingerprint density at radius 2 is 1.78 bits per heavy atom. The third-order valence-corrected chi connectivity index (χ3v) is 8.90. The van der Waals surface area contributed by atoms with Crippen molar-refractivity contribution in [1.82, 2.24) is 29.5 Å². The zero-order valence-electron chi connectivity index (χ0n) is 22.0. The number of hydrogen-bond donors (Lipinski definition) is 0. The summed E-state index contributed by atoms with van der Waals surface area (Å²) in [6.07, 6.45) is 1.15. The predicted octanol–water partition coefficient (Wildman–Crippen LogP) is 4.37. The number of aryl methyl sites for hydroxylation is 2. The molecule has 0 bridgehead atoms. The molecule has 7 nitrogen and oxygen atoms in total. The molecule has 5 rings (SSSR count). The van der Waals surface area contributed by atoms with Crippen molar-refractivity contribution in [3.05, 3.63) is 62.5 Å². The largest absolute Gasteiger partial charge is 0.304 e. The molecule has 2 aliphatic rings. The lowest BCUT2D eigenvalue weighted by atomic mass is 10.00. The van der Waals surface area contributed by atoms with Crippen molar-refractivity contribution < 1.29 is 0 Å². The molecule has 1 aromatic carbocycles. The zero-order valence-corrected chi connectivity index (χ0v) is 23.5. The van der Waals surface area contributed by atoms with Gasteiger partial charge in [-0.15, -0.1) is 21.5 Å². The molecule has 36 heavy (non-hydrogen) atoms. The van der Waals surface area contributed by atoms with Crippen LogP contribution in [0.1, 0.15) is 45.7 Å². The maximum absolute atomic E-state index is 6.23. The lowest BCUT2D eigenvalue weighted by Gasteiger charge is -2.32. The number of fused-ring (bicyclic) bond motifs is 3. The molecule has 0 aliphatic carbocycles. The molecule has 1 saturated heterocycles. The van der Waals surface area contributed by atoms with E-state index >= 15 is 0 Å². The first-order valence-electron chi connectivity index (χ1n) is 12.8. The average Bonchev–Trinajstić information content (AvgIpc) is 3.33. The van der Waals surface area contributed by atoms with Crippen LogP contribution < -0.4 is 0 Å². The Morgan fingerprint density at radius 1 is 1.06 bits per heavy atom. The fraction of sp³-hybridized carbons (Fsp3) is 0.519. The minimum Gasteiger partial charge on any atom is -0.304 e. The molecule has 2 aliphatic heterocycles. The van der Waals surface area contributed by atoms with Crippen molar-refractivity contribution in [1.29, 1.82) is 0 Å². The standard InChI is InChI=1S/C27H36ClN7S/c1-18-19(2)36-27-24(18)25(21-7-9-22(28)10-8-21)29-23(26-31-30-20(3)35(26)27)17-33(5)11-6-12-34-15-13-32(4)14-16-34/h7-10,23H,6,11-17H2,1-5H3. The molecule has 1 atom stereocenters. The Labute approximate surface area is 223 Å². The fourth-order valence-electron chi connectivity index (χ4n) is 5.14. The molecule has 4 heterocycles. The third-order valence-electron chi connectivity index (χ3n) is 7.45. The number of aliphatic imine (C=N–C) groups is 1. The Balaban J connectivity index is 1.42. The minimum atomic E-state index is -0.107. The molecule has 0 N–H and O–H groups in total. The maximum Gasteiger partial charge on any atom is 0.164 e. The number of benzene rings is 1. The Kier molecular flexibility index (Phi) is 7.60. The first kappa shape index (κ1) is 25.5. The highest BCUT2D eigenvalue weighted by atomic mass is 35.5.